The van der Waals surface area contributed by atoms with Crippen LogP contribution in [0.1, 0.15) is 106 Å². The highest BCUT2D eigenvalue weighted by Crippen LogP contribution is 2.49. The molecular formula is C51H78N16O12P2. The maximum Gasteiger partial charge on any atom is 0.335 e. The van der Waals surface area contributed by atoms with Crippen molar-refractivity contribution in [1.29, 1.82) is 0 Å². The summed E-state index contributed by atoms with van der Waals surface area (Å²) in [7, 11) is -1.94. The zero-order valence-electron chi connectivity index (χ0n) is 44.9. The van der Waals surface area contributed by atoms with Gasteiger partial charge in [-0.15, -0.1) is 0 Å². The molecule has 1 amide bonds. The van der Waals surface area contributed by atoms with Crippen LogP contribution in [-0.4, -0.2) is 144 Å². The Bertz CT molecular complexity index is 3100. The highest BCUT2D eigenvalue weighted by Gasteiger charge is 2.25. The van der Waals surface area contributed by atoms with E-state index in [1.165, 1.54) is 0 Å². The third kappa shape index (κ3) is 22.4. The van der Waals surface area contributed by atoms with Crippen LogP contribution in [0.4, 0.5) is 34.9 Å². The molecule has 0 aliphatic carbocycles. The summed E-state index contributed by atoms with van der Waals surface area (Å²) >= 11 is 0. The quantitative estimate of drug-likeness (QED) is 0.0195. The molecule has 0 saturated heterocycles. The van der Waals surface area contributed by atoms with Gasteiger partial charge in [-0.25, -0.2) is 29.5 Å². The molecule has 0 saturated carbocycles. The number of aromatic nitrogens is 8. The summed E-state index contributed by atoms with van der Waals surface area (Å²) in [4.78, 5) is 82.7. The van der Waals surface area contributed by atoms with E-state index in [9.17, 15) is 33.4 Å². The molecular weight excluding hydrogens is 1090 g/mol. The van der Waals surface area contributed by atoms with Gasteiger partial charge in [-0.1, -0.05) is 27.7 Å². The van der Waals surface area contributed by atoms with E-state index in [2.05, 4.69) is 45.2 Å². The van der Waals surface area contributed by atoms with E-state index in [4.69, 9.17) is 52.5 Å². The number of nitrogens with one attached hydrogen (secondary N) is 1. The number of aromatic carboxylic acids is 1. The number of unbranched alkanes of at least 4 members (excludes halogenated alkanes) is 2. The van der Waals surface area contributed by atoms with E-state index in [0.717, 1.165) is 11.4 Å². The van der Waals surface area contributed by atoms with E-state index in [1.807, 2.05) is 23.9 Å². The van der Waals surface area contributed by atoms with Gasteiger partial charge in [-0.3, -0.25) is 18.7 Å². The number of hydrogen-bond acceptors (Lipinski definition) is 24. The lowest BCUT2D eigenvalue weighted by molar-refractivity contribution is -0.140. The molecule has 4 heterocycles. The number of anilines is 6. The van der Waals surface area contributed by atoms with Crippen LogP contribution in [0.25, 0.3) is 22.3 Å². The minimum absolute atomic E-state index is 0. The number of nitrogens with two attached hydrogens (primary N) is 5. The second-order valence-corrected chi connectivity index (χ2v) is 22.7. The minimum atomic E-state index is -3.19. The molecule has 0 aliphatic heterocycles. The zero-order valence-corrected chi connectivity index (χ0v) is 46.7. The van der Waals surface area contributed by atoms with E-state index in [1.54, 1.807) is 88.4 Å². The molecule has 28 nitrogen and oxygen atoms in total. The van der Waals surface area contributed by atoms with E-state index >= 15 is 0 Å². The number of amides is 1. The van der Waals surface area contributed by atoms with Gasteiger partial charge in [0.25, 0.3) is 5.91 Å². The van der Waals surface area contributed by atoms with Crippen molar-refractivity contribution in [2.75, 3.05) is 85.6 Å². The summed E-state index contributed by atoms with van der Waals surface area (Å²) in [5, 5.41) is 29.6. The van der Waals surface area contributed by atoms with E-state index in [-0.39, 0.29) is 69.7 Å². The molecule has 30 heteroatoms. The number of nitrogens with zero attached hydrogens (tertiary/aromatic N) is 10. The Hall–Kier alpha value is -7.74. The van der Waals surface area contributed by atoms with Gasteiger partial charge in [0.15, 0.2) is 41.3 Å². The lowest BCUT2D eigenvalue weighted by atomic mass is 10.1. The van der Waals surface area contributed by atoms with Crippen molar-refractivity contribution >= 4 is 96.0 Å². The fourth-order valence-corrected chi connectivity index (χ4v) is 10.7. The third-order valence-electron chi connectivity index (χ3n) is 11.4. The van der Waals surface area contributed by atoms with Crippen molar-refractivity contribution in [1.82, 2.24) is 45.2 Å². The average Bonchev–Trinajstić information content (AvgIpc) is 3.39. The van der Waals surface area contributed by atoms with Crippen LogP contribution in [0.5, 0.6) is 0 Å². The molecule has 0 fully saturated rings. The Balaban J connectivity index is 0.000000463. The standard InChI is InChI=1S/C25H35N8O6P.C15H15N7O2.C9H20NO4P.2CH4/c1-4-38-40(37,39-5-2)13-7-6-8-19(24(35)36)30-23(34)16-9-11-18(12-10-16)33(3)15-17-14-28-22-20(29-17)21(26)31-25(27)32-22;1-22(10-4-2-8(3-5-10)14(23)24)7-9-6-18-13-11(19-9)12(16)20-15(17)21-13;1-3-14-15(2,13)7-5-4-6-8(10)9(11)12;;/h9-12,14,19H,4-8,13,15H2,1-3H3,(H,30,34)(H,35,36)(H4,26,27,28,31,32);2-6H,7H2,1H3,(H,23,24)(H4,16,17,18,20,21);8H,3-7,10H2,1-2H3,(H,11,12);2*1H4/t19-;;8-,15?;;/m0.0../s1. The number of carbonyl (C=O) groups excluding carboxylic acids is 1. The number of hydrogen-bond donors (Lipinski definition) is 9. The molecule has 1 unspecified atom stereocenters. The summed E-state index contributed by atoms with van der Waals surface area (Å²) in [5.41, 5.74) is 33.1. The molecule has 4 aromatic heterocycles. The number of rotatable bonds is 27. The number of carboxylic acid groups (broad SMARTS) is 3. The second kappa shape index (κ2) is 33.1. The number of benzene rings is 2. The van der Waals surface area contributed by atoms with Crippen molar-refractivity contribution in [3.05, 3.63) is 83.4 Å². The number of carboxylic acids is 3. The summed E-state index contributed by atoms with van der Waals surface area (Å²) in [6.45, 7) is 8.69. The van der Waals surface area contributed by atoms with Crippen LogP contribution in [0, 0.1) is 0 Å². The Labute approximate surface area is 471 Å². The van der Waals surface area contributed by atoms with Crippen molar-refractivity contribution in [3.63, 3.8) is 0 Å². The Morgan fingerprint density at radius 1 is 0.605 bits per heavy atom. The fraction of sp³-hybridized carbons (Fsp3) is 0.451. The smallest absolute Gasteiger partial charge is 0.335 e. The maximum absolute atomic E-state index is 12.8. The molecule has 14 N–H and O–H groups in total. The first-order chi connectivity index (χ1) is 37.4. The number of aliphatic carboxylic acids is 2. The second-order valence-electron chi connectivity index (χ2n) is 17.7. The van der Waals surface area contributed by atoms with Crippen LogP contribution >= 0.6 is 15.0 Å². The van der Waals surface area contributed by atoms with E-state index < -0.39 is 50.9 Å². The Kier molecular flexibility index (Phi) is 28.4. The van der Waals surface area contributed by atoms with E-state index in [0.29, 0.717) is 97.2 Å². The fourth-order valence-electron chi connectivity index (χ4n) is 7.45. The summed E-state index contributed by atoms with van der Waals surface area (Å²) in [5.74, 6) is -3.20. The van der Waals surface area contributed by atoms with Gasteiger partial charge in [-0.2, -0.15) is 19.9 Å². The SMILES string of the molecule is C.C.CCOP(=O)(CCCC[C@H](NC(=O)c1ccc(N(C)Cc2cnc3nc(N)nc(N)c3n2)cc1)C(=O)O)OCC.CCOP(C)(=O)CCCC[C@H](N)C(=O)O.CN(Cc1cnc2nc(N)nc(N)c2n1)c1ccc(C(=O)O)cc1. The van der Waals surface area contributed by atoms with Gasteiger partial charge in [0, 0.05) is 43.9 Å². The molecule has 0 bridgehead atoms. The van der Waals surface area contributed by atoms with Gasteiger partial charge in [-0.05, 0) is 95.0 Å². The molecule has 81 heavy (non-hydrogen) atoms. The van der Waals surface area contributed by atoms with Gasteiger partial charge in [0.2, 0.25) is 11.9 Å². The highest BCUT2D eigenvalue weighted by atomic mass is 31.2. The topological polar surface area (TPSA) is 443 Å². The largest absolute Gasteiger partial charge is 0.480 e. The number of nitrogen functional groups attached to an aromatic ring is 4. The molecule has 444 valence electrons. The monoisotopic (exact) mass is 1170 g/mol. The highest BCUT2D eigenvalue weighted by molar-refractivity contribution is 7.58. The van der Waals surface area contributed by atoms with Crippen LogP contribution in [0.15, 0.2) is 60.9 Å². The first-order valence-electron chi connectivity index (χ1n) is 24.9. The normalized spacial score (nSPS) is 12.4. The number of fused-ring (bicyclic) bond motifs is 2. The predicted molar refractivity (Wildman–Crippen MR) is 313 cm³/mol. The van der Waals surface area contributed by atoms with Crippen LogP contribution < -0.4 is 43.8 Å². The van der Waals surface area contributed by atoms with Crippen molar-refractivity contribution in [3.8, 4) is 0 Å². The number of carbonyl (C=O) groups is 4. The maximum atomic E-state index is 12.8. The van der Waals surface area contributed by atoms with Crippen molar-refractivity contribution in [2.45, 2.75) is 99.3 Å². The molecule has 6 rings (SSSR count). The van der Waals surface area contributed by atoms with Crippen LogP contribution in [0.2, 0.25) is 0 Å². The summed E-state index contributed by atoms with van der Waals surface area (Å²) in [6.07, 6.45) is 6.66. The molecule has 3 atom stereocenters. The van der Waals surface area contributed by atoms with Gasteiger partial charge >= 0.3 is 25.5 Å². The van der Waals surface area contributed by atoms with Crippen molar-refractivity contribution < 1.29 is 57.2 Å². The molecule has 2 aromatic carbocycles. The van der Waals surface area contributed by atoms with Gasteiger partial charge in [0.1, 0.15) is 12.1 Å². The lowest BCUT2D eigenvalue weighted by Gasteiger charge is -2.20. The molecule has 6 aromatic rings. The van der Waals surface area contributed by atoms with Crippen LogP contribution in [0.3, 0.4) is 0 Å². The first kappa shape index (κ1) is 69.4. The zero-order chi connectivity index (χ0) is 58.5. The Morgan fingerprint density at radius 2 is 1.04 bits per heavy atom. The average molecular weight is 1170 g/mol. The summed E-state index contributed by atoms with van der Waals surface area (Å²) < 4.78 is 39.8. The first-order valence-corrected chi connectivity index (χ1v) is 28.9. The van der Waals surface area contributed by atoms with Crippen LogP contribution in [-0.2, 0) is 45.4 Å². The summed E-state index contributed by atoms with van der Waals surface area (Å²) in [6, 6.07) is 11.4. The molecule has 0 spiro atoms. The lowest BCUT2D eigenvalue weighted by Crippen LogP contribution is -2.40. The predicted octanol–water partition coefficient (Wildman–Crippen LogP) is 6.54. The minimum Gasteiger partial charge on any atom is -0.480 e. The third-order valence-corrected chi connectivity index (χ3v) is 15.5. The molecule has 0 radical (unpaired) electrons. The van der Waals surface area contributed by atoms with Gasteiger partial charge in [0.05, 0.1) is 68.4 Å². The molecule has 0 aliphatic rings. The van der Waals surface area contributed by atoms with Gasteiger partial charge < -0.3 is 72.7 Å². The Morgan fingerprint density at radius 3 is 1.46 bits per heavy atom. The van der Waals surface area contributed by atoms with Crippen molar-refractivity contribution in [2.24, 2.45) is 5.73 Å².